The lowest BCUT2D eigenvalue weighted by Crippen LogP contribution is -2.28. The highest BCUT2D eigenvalue weighted by molar-refractivity contribution is 7.98. The van der Waals surface area contributed by atoms with Crippen molar-refractivity contribution in [2.75, 3.05) is 6.26 Å². The van der Waals surface area contributed by atoms with Gasteiger partial charge >= 0.3 is 0 Å². The highest BCUT2D eigenvalue weighted by Gasteiger charge is 2.32. The summed E-state index contributed by atoms with van der Waals surface area (Å²) in [5, 5.41) is 2.92. The first kappa shape index (κ1) is 22.7. The molecule has 0 saturated heterocycles. The van der Waals surface area contributed by atoms with E-state index in [4.69, 9.17) is 4.74 Å². The number of benzene rings is 2. The van der Waals surface area contributed by atoms with Crippen LogP contribution in [-0.4, -0.2) is 17.9 Å². The first-order chi connectivity index (χ1) is 15.6. The van der Waals surface area contributed by atoms with Crippen LogP contribution in [0, 0.1) is 11.8 Å². The summed E-state index contributed by atoms with van der Waals surface area (Å²) in [6, 6.07) is 15.6. The van der Waals surface area contributed by atoms with Crippen LogP contribution in [0.5, 0.6) is 11.5 Å². The van der Waals surface area contributed by atoms with Crippen molar-refractivity contribution in [3.8, 4) is 11.5 Å². The van der Waals surface area contributed by atoms with Gasteiger partial charge in [0.05, 0.1) is 5.70 Å². The maximum absolute atomic E-state index is 12.8. The third-order valence-electron chi connectivity index (χ3n) is 6.23. The molecule has 0 bridgehead atoms. The van der Waals surface area contributed by atoms with E-state index < -0.39 is 0 Å². The average Bonchev–Trinajstić information content (AvgIpc) is 3.53. The standard InChI is InChI=1S/C27H31NO3S/c1-32-25-9-5-4-8-24(25)31-22-15-10-20(11-16-22)18-23(27(30)21-13-14-21)28-26(29)17-12-19-6-2-3-7-19/h4-5,8-11,15-16,18-19,21H,2-3,6-7,12-14,17H2,1H3,(H,28,29)/b23-18-. The van der Waals surface area contributed by atoms with E-state index >= 15 is 0 Å². The van der Waals surface area contributed by atoms with Gasteiger partial charge in [-0.1, -0.05) is 49.9 Å². The van der Waals surface area contributed by atoms with E-state index in [1.165, 1.54) is 25.7 Å². The number of thioether (sulfide) groups is 1. The second kappa shape index (κ2) is 10.9. The molecule has 0 aromatic heterocycles. The SMILES string of the molecule is CSc1ccccc1Oc1ccc(/C=C(\NC(=O)CCC2CCCC2)C(=O)C2CC2)cc1. The van der Waals surface area contributed by atoms with Crippen LogP contribution in [0.15, 0.2) is 59.1 Å². The van der Waals surface area contributed by atoms with E-state index in [0.29, 0.717) is 18.0 Å². The van der Waals surface area contributed by atoms with E-state index in [2.05, 4.69) is 5.32 Å². The van der Waals surface area contributed by atoms with Crippen molar-refractivity contribution < 1.29 is 14.3 Å². The van der Waals surface area contributed by atoms with Gasteiger partial charge < -0.3 is 10.1 Å². The number of Topliss-reactive ketones (excluding diaryl/α,β-unsaturated/α-hetero) is 1. The molecule has 2 aromatic carbocycles. The summed E-state index contributed by atoms with van der Waals surface area (Å²) in [6.45, 7) is 0. The highest BCUT2D eigenvalue weighted by Crippen LogP contribution is 2.34. The molecular weight excluding hydrogens is 418 g/mol. The Morgan fingerprint density at radius 2 is 1.75 bits per heavy atom. The van der Waals surface area contributed by atoms with E-state index in [9.17, 15) is 9.59 Å². The molecule has 168 valence electrons. The number of rotatable bonds is 10. The Balaban J connectivity index is 1.42. The van der Waals surface area contributed by atoms with Crippen molar-refractivity contribution in [3.05, 3.63) is 59.8 Å². The molecule has 2 saturated carbocycles. The largest absolute Gasteiger partial charge is 0.456 e. The molecule has 0 unspecified atom stereocenters. The van der Waals surface area contributed by atoms with Gasteiger partial charge in [0, 0.05) is 17.2 Å². The molecular formula is C27H31NO3S. The fraction of sp³-hybridized carbons (Fsp3) is 0.407. The minimum Gasteiger partial charge on any atom is -0.456 e. The lowest BCUT2D eigenvalue weighted by atomic mass is 10.0. The first-order valence-corrected chi connectivity index (χ1v) is 12.8. The fourth-order valence-corrected chi connectivity index (χ4v) is 4.74. The summed E-state index contributed by atoms with van der Waals surface area (Å²) in [4.78, 5) is 26.4. The van der Waals surface area contributed by atoms with Crippen molar-refractivity contribution >= 4 is 29.5 Å². The van der Waals surface area contributed by atoms with Gasteiger partial charge in [-0.15, -0.1) is 11.8 Å². The molecule has 0 radical (unpaired) electrons. The lowest BCUT2D eigenvalue weighted by molar-refractivity contribution is -0.123. The number of ketones is 1. The van der Waals surface area contributed by atoms with Gasteiger partial charge in [0.2, 0.25) is 5.91 Å². The number of carbonyl (C=O) groups is 2. The molecule has 32 heavy (non-hydrogen) atoms. The van der Waals surface area contributed by atoms with Gasteiger partial charge in [0.25, 0.3) is 0 Å². The van der Waals surface area contributed by atoms with Crippen molar-refractivity contribution in [2.24, 2.45) is 11.8 Å². The minimum atomic E-state index is -0.0502. The maximum Gasteiger partial charge on any atom is 0.224 e. The fourth-order valence-electron chi connectivity index (χ4n) is 4.21. The smallest absolute Gasteiger partial charge is 0.224 e. The first-order valence-electron chi connectivity index (χ1n) is 11.6. The minimum absolute atomic E-state index is 0.0495. The second-order valence-electron chi connectivity index (χ2n) is 8.76. The van der Waals surface area contributed by atoms with Crippen LogP contribution in [0.4, 0.5) is 0 Å². The molecule has 4 nitrogen and oxygen atoms in total. The summed E-state index contributed by atoms with van der Waals surface area (Å²) in [5.41, 5.74) is 1.29. The average molecular weight is 450 g/mol. The van der Waals surface area contributed by atoms with Crippen LogP contribution in [-0.2, 0) is 9.59 Å². The van der Waals surface area contributed by atoms with E-state index in [-0.39, 0.29) is 17.6 Å². The zero-order valence-corrected chi connectivity index (χ0v) is 19.5. The molecule has 0 spiro atoms. The van der Waals surface area contributed by atoms with Crippen molar-refractivity contribution in [1.29, 1.82) is 0 Å². The van der Waals surface area contributed by atoms with Gasteiger partial charge in [-0.2, -0.15) is 0 Å². The maximum atomic E-state index is 12.8. The van der Waals surface area contributed by atoms with Crippen molar-refractivity contribution in [3.63, 3.8) is 0 Å². The zero-order valence-electron chi connectivity index (χ0n) is 18.6. The van der Waals surface area contributed by atoms with Gasteiger partial charge in [0.1, 0.15) is 11.5 Å². The Morgan fingerprint density at radius 3 is 2.44 bits per heavy atom. The van der Waals surface area contributed by atoms with Crippen molar-refractivity contribution in [2.45, 2.75) is 56.3 Å². The summed E-state index contributed by atoms with van der Waals surface area (Å²) in [7, 11) is 0. The van der Waals surface area contributed by atoms with E-state index in [0.717, 1.165) is 41.2 Å². The summed E-state index contributed by atoms with van der Waals surface area (Å²) < 4.78 is 6.02. The third kappa shape index (κ3) is 6.26. The Bertz CT molecular complexity index is 973. The Kier molecular flexibility index (Phi) is 7.69. The number of nitrogens with one attached hydrogen (secondary N) is 1. The molecule has 5 heteroatoms. The Hall–Kier alpha value is -2.53. The van der Waals surface area contributed by atoms with Gasteiger partial charge in [-0.25, -0.2) is 0 Å². The molecule has 2 fully saturated rings. The zero-order chi connectivity index (χ0) is 22.3. The lowest BCUT2D eigenvalue weighted by Gasteiger charge is -2.12. The predicted octanol–water partition coefficient (Wildman–Crippen LogP) is 6.61. The highest BCUT2D eigenvalue weighted by atomic mass is 32.2. The number of ether oxygens (including phenoxy) is 1. The number of allylic oxidation sites excluding steroid dienone is 1. The molecule has 0 aliphatic heterocycles. The molecule has 2 aliphatic carbocycles. The summed E-state index contributed by atoms with van der Waals surface area (Å²) in [5.74, 6) is 2.28. The van der Waals surface area contributed by atoms with Crippen LogP contribution in [0.25, 0.3) is 6.08 Å². The number of carbonyl (C=O) groups excluding carboxylic acids is 2. The van der Waals surface area contributed by atoms with Gasteiger partial charge in [-0.05, 0) is 67.3 Å². The second-order valence-corrected chi connectivity index (χ2v) is 9.60. The molecule has 0 atom stereocenters. The van der Waals surface area contributed by atoms with Crippen molar-refractivity contribution in [1.82, 2.24) is 5.32 Å². The number of para-hydroxylation sites is 1. The predicted molar refractivity (Wildman–Crippen MR) is 130 cm³/mol. The molecule has 0 heterocycles. The quantitative estimate of drug-likeness (QED) is 0.328. The normalized spacial score (nSPS) is 16.7. The molecule has 1 amide bonds. The monoisotopic (exact) mass is 449 g/mol. The number of amides is 1. The summed E-state index contributed by atoms with van der Waals surface area (Å²) in [6.07, 6.45) is 12.1. The van der Waals surface area contributed by atoms with Crippen LogP contribution < -0.4 is 10.1 Å². The Morgan fingerprint density at radius 1 is 1.03 bits per heavy atom. The molecule has 4 rings (SSSR count). The van der Waals surface area contributed by atoms with Gasteiger partial charge in [-0.3, -0.25) is 9.59 Å². The summed E-state index contributed by atoms with van der Waals surface area (Å²) >= 11 is 1.64. The topological polar surface area (TPSA) is 55.4 Å². The van der Waals surface area contributed by atoms with Crippen LogP contribution in [0.2, 0.25) is 0 Å². The number of hydrogen-bond donors (Lipinski definition) is 1. The van der Waals surface area contributed by atoms with Gasteiger partial charge in [0.15, 0.2) is 5.78 Å². The van der Waals surface area contributed by atoms with Crippen LogP contribution in [0.3, 0.4) is 0 Å². The molecule has 1 N–H and O–H groups in total. The van der Waals surface area contributed by atoms with E-state index in [1.807, 2.05) is 54.8 Å². The number of hydrogen-bond acceptors (Lipinski definition) is 4. The van der Waals surface area contributed by atoms with Crippen LogP contribution >= 0.6 is 11.8 Å². The van der Waals surface area contributed by atoms with E-state index in [1.54, 1.807) is 17.8 Å². The third-order valence-corrected chi connectivity index (χ3v) is 7.01. The molecule has 2 aromatic rings. The van der Waals surface area contributed by atoms with Crippen LogP contribution in [0.1, 0.15) is 56.9 Å². The molecule has 2 aliphatic rings. The Labute approximate surface area is 194 Å².